The van der Waals surface area contributed by atoms with Crippen molar-refractivity contribution in [1.82, 2.24) is 4.31 Å². The molecule has 140 valence electrons. The molecular formula is C18H22N2O5S. The van der Waals surface area contributed by atoms with E-state index in [0.717, 1.165) is 4.31 Å². The van der Waals surface area contributed by atoms with Crippen molar-refractivity contribution in [2.75, 3.05) is 33.1 Å². The molecule has 2 aromatic carbocycles. The van der Waals surface area contributed by atoms with E-state index in [1.165, 1.54) is 26.2 Å². The molecule has 2 rings (SSSR count). The Labute approximate surface area is 153 Å². The number of rotatable bonds is 7. The number of hydrogen-bond acceptors (Lipinski definition) is 5. The summed E-state index contributed by atoms with van der Waals surface area (Å²) in [5.41, 5.74) is 1.26. The first-order chi connectivity index (χ1) is 12.2. The SMILES string of the molecule is COc1ccc(NC(=O)COc2ccc(S(=O)(=O)N(C)C)cc2C)cc1. The zero-order chi connectivity index (χ0) is 19.3. The molecule has 8 heteroatoms. The van der Waals surface area contributed by atoms with Gasteiger partial charge in [0.05, 0.1) is 12.0 Å². The smallest absolute Gasteiger partial charge is 0.262 e. The Morgan fingerprint density at radius 3 is 2.31 bits per heavy atom. The van der Waals surface area contributed by atoms with Crippen molar-refractivity contribution in [3.05, 3.63) is 48.0 Å². The van der Waals surface area contributed by atoms with Crippen LogP contribution in [0.3, 0.4) is 0 Å². The Balaban J connectivity index is 1.99. The normalized spacial score (nSPS) is 11.3. The van der Waals surface area contributed by atoms with Crippen LogP contribution in [0.25, 0.3) is 0 Å². The average Bonchev–Trinajstić information content (AvgIpc) is 2.61. The van der Waals surface area contributed by atoms with Crippen molar-refractivity contribution < 1.29 is 22.7 Å². The number of methoxy groups -OCH3 is 1. The molecule has 1 N–H and O–H groups in total. The van der Waals surface area contributed by atoms with Crippen LogP contribution >= 0.6 is 0 Å². The van der Waals surface area contributed by atoms with Gasteiger partial charge in [0, 0.05) is 19.8 Å². The highest BCUT2D eigenvalue weighted by atomic mass is 32.2. The van der Waals surface area contributed by atoms with Crippen LogP contribution in [0.15, 0.2) is 47.4 Å². The maximum absolute atomic E-state index is 12.1. The molecule has 1 amide bonds. The number of nitrogens with zero attached hydrogens (tertiary/aromatic N) is 1. The lowest BCUT2D eigenvalue weighted by atomic mass is 10.2. The van der Waals surface area contributed by atoms with Crippen LogP contribution in [0.4, 0.5) is 5.69 Å². The minimum Gasteiger partial charge on any atom is -0.497 e. The number of anilines is 1. The molecule has 0 aliphatic carbocycles. The van der Waals surface area contributed by atoms with E-state index < -0.39 is 10.0 Å². The quantitative estimate of drug-likeness (QED) is 0.799. The number of carbonyl (C=O) groups is 1. The molecule has 2 aromatic rings. The summed E-state index contributed by atoms with van der Waals surface area (Å²) in [5.74, 6) is 0.829. The van der Waals surface area contributed by atoms with Crippen LogP contribution in [-0.4, -0.2) is 46.4 Å². The Bertz CT molecular complexity index is 877. The summed E-state index contributed by atoms with van der Waals surface area (Å²) in [6.07, 6.45) is 0. The molecule has 0 spiro atoms. The molecule has 0 unspecified atom stereocenters. The molecule has 0 atom stereocenters. The first kappa shape index (κ1) is 19.7. The molecule has 0 fully saturated rings. The minimum atomic E-state index is -3.51. The molecule has 26 heavy (non-hydrogen) atoms. The van der Waals surface area contributed by atoms with Gasteiger partial charge >= 0.3 is 0 Å². The lowest BCUT2D eigenvalue weighted by Gasteiger charge is -2.14. The number of benzene rings is 2. The standard InChI is InChI=1S/C18H22N2O5S/c1-13-11-16(26(22,23)20(2)3)9-10-17(13)25-12-18(21)19-14-5-7-15(24-4)8-6-14/h5-11H,12H2,1-4H3,(H,19,21). The fraction of sp³-hybridized carbons (Fsp3) is 0.278. The molecule has 0 aromatic heterocycles. The van der Waals surface area contributed by atoms with E-state index in [0.29, 0.717) is 22.7 Å². The second-order valence-corrected chi connectivity index (χ2v) is 7.93. The van der Waals surface area contributed by atoms with Crippen molar-refractivity contribution in [2.24, 2.45) is 0 Å². The van der Waals surface area contributed by atoms with Crippen LogP contribution < -0.4 is 14.8 Å². The van der Waals surface area contributed by atoms with Gasteiger partial charge < -0.3 is 14.8 Å². The van der Waals surface area contributed by atoms with Gasteiger partial charge in [-0.3, -0.25) is 4.79 Å². The fourth-order valence-electron chi connectivity index (χ4n) is 2.17. The summed E-state index contributed by atoms with van der Waals surface area (Å²) < 4.78 is 35.9. The first-order valence-electron chi connectivity index (χ1n) is 7.84. The van der Waals surface area contributed by atoms with Gasteiger partial charge in [-0.2, -0.15) is 0 Å². The third-order valence-electron chi connectivity index (χ3n) is 3.66. The van der Waals surface area contributed by atoms with E-state index in [9.17, 15) is 13.2 Å². The summed E-state index contributed by atoms with van der Waals surface area (Å²) in [5, 5.41) is 2.71. The van der Waals surface area contributed by atoms with Crippen LogP contribution in [0.2, 0.25) is 0 Å². The Hall–Kier alpha value is -2.58. The van der Waals surface area contributed by atoms with E-state index in [1.54, 1.807) is 44.4 Å². The number of sulfonamides is 1. The number of nitrogens with one attached hydrogen (secondary N) is 1. The maximum atomic E-state index is 12.1. The van der Waals surface area contributed by atoms with Gasteiger partial charge in [-0.05, 0) is 55.0 Å². The molecule has 0 saturated carbocycles. The van der Waals surface area contributed by atoms with E-state index in [1.807, 2.05) is 0 Å². The fourth-order valence-corrected chi connectivity index (χ4v) is 3.16. The van der Waals surface area contributed by atoms with E-state index in [2.05, 4.69) is 5.32 Å². The summed E-state index contributed by atoms with van der Waals surface area (Å²) in [4.78, 5) is 12.2. The second-order valence-electron chi connectivity index (χ2n) is 5.78. The van der Waals surface area contributed by atoms with Gasteiger partial charge in [0.15, 0.2) is 6.61 Å². The summed E-state index contributed by atoms with van der Waals surface area (Å²) in [6.45, 7) is 1.54. The lowest BCUT2D eigenvalue weighted by Crippen LogP contribution is -2.22. The van der Waals surface area contributed by atoms with Gasteiger partial charge in [-0.25, -0.2) is 12.7 Å². The zero-order valence-corrected chi connectivity index (χ0v) is 16.0. The number of carbonyl (C=O) groups excluding carboxylic acids is 1. The van der Waals surface area contributed by atoms with Crippen LogP contribution in [0.1, 0.15) is 5.56 Å². The second kappa shape index (κ2) is 8.20. The topological polar surface area (TPSA) is 84.9 Å². The molecular weight excluding hydrogens is 356 g/mol. The minimum absolute atomic E-state index is 0.176. The zero-order valence-electron chi connectivity index (χ0n) is 15.1. The predicted molar refractivity (Wildman–Crippen MR) is 99.2 cm³/mol. The van der Waals surface area contributed by atoms with Gasteiger partial charge in [-0.15, -0.1) is 0 Å². The van der Waals surface area contributed by atoms with Crippen LogP contribution in [0.5, 0.6) is 11.5 Å². The highest BCUT2D eigenvalue weighted by Crippen LogP contribution is 2.23. The van der Waals surface area contributed by atoms with Crippen molar-refractivity contribution in [3.8, 4) is 11.5 Å². The molecule has 0 aliphatic rings. The monoisotopic (exact) mass is 378 g/mol. The number of aryl methyl sites for hydroxylation is 1. The van der Waals surface area contributed by atoms with Gasteiger partial charge in [-0.1, -0.05) is 0 Å². The summed E-state index contributed by atoms with van der Waals surface area (Å²) >= 11 is 0. The van der Waals surface area contributed by atoms with Crippen LogP contribution in [-0.2, 0) is 14.8 Å². The largest absolute Gasteiger partial charge is 0.497 e. The average molecular weight is 378 g/mol. The van der Waals surface area contributed by atoms with Crippen molar-refractivity contribution in [3.63, 3.8) is 0 Å². The number of hydrogen-bond donors (Lipinski definition) is 1. The van der Waals surface area contributed by atoms with Crippen LogP contribution in [0, 0.1) is 6.92 Å². The first-order valence-corrected chi connectivity index (χ1v) is 9.28. The highest BCUT2D eigenvalue weighted by molar-refractivity contribution is 7.89. The Morgan fingerprint density at radius 2 is 1.77 bits per heavy atom. The summed E-state index contributed by atoms with van der Waals surface area (Å²) in [7, 11) is 1.00. The molecule has 0 bridgehead atoms. The molecule has 0 aliphatic heterocycles. The van der Waals surface area contributed by atoms with Gasteiger partial charge in [0.2, 0.25) is 10.0 Å². The molecule has 0 radical (unpaired) electrons. The molecule has 7 nitrogen and oxygen atoms in total. The number of ether oxygens (including phenoxy) is 2. The molecule has 0 saturated heterocycles. The highest BCUT2D eigenvalue weighted by Gasteiger charge is 2.18. The van der Waals surface area contributed by atoms with Crippen molar-refractivity contribution in [1.29, 1.82) is 0 Å². The molecule has 0 heterocycles. The van der Waals surface area contributed by atoms with E-state index >= 15 is 0 Å². The third-order valence-corrected chi connectivity index (χ3v) is 5.47. The number of amides is 1. The Kier molecular flexibility index (Phi) is 6.23. The third kappa shape index (κ3) is 4.74. The van der Waals surface area contributed by atoms with Gasteiger partial charge in [0.1, 0.15) is 11.5 Å². The van der Waals surface area contributed by atoms with E-state index in [-0.39, 0.29) is 17.4 Å². The predicted octanol–water partition coefficient (Wildman–Crippen LogP) is 2.27. The summed E-state index contributed by atoms with van der Waals surface area (Å²) in [6, 6.07) is 11.5. The van der Waals surface area contributed by atoms with Crippen molar-refractivity contribution in [2.45, 2.75) is 11.8 Å². The maximum Gasteiger partial charge on any atom is 0.262 e. The van der Waals surface area contributed by atoms with Gasteiger partial charge in [0.25, 0.3) is 5.91 Å². The lowest BCUT2D eigenvalue weighted by molar-refractivity contribution is -0.118. The Morgan fingerprint density at radius 1 is 1.12 bits per heavy atom. The van der Waals surface area contributed by atoms with Crippen molar-refractivity contribution >= 4 is 21.6 Å². The van der Waals surface area contributed by atoms with E-state index in [4.69, 9.17) is 9.47 Å².